The number of rotatable bonds is 7. The molecular formula is C16H17F3N4O5S. The highest BCUT2D eigenvalue weighted by Gasteiger charge is 2.37. The molecule has 0 fully saturated rings. The molecule has 1 amide bonds. The second kappa shape index (κ2) is 8.68. The van der Waals surface area contributed by atoms with Crippen LogP contribution in [0.4, 0.5) is 19.1 Å². The molecule has 0 aliphatic rings. The number of carbonyl (C=O) groups is 3. The average Bonchev–Trinajstić information content (AvgIpc) is 3.12. The van der Waals surface area contributed by atoms with Crippen LogP contribution >= 0.6 is 11.8 Å². The summed E-state index contributed by atoms with van der Waals surface area (Å²) >= 11 is 0.706. The number of alkyl halides is 3. The maximum absolute atomic E-state index is 12.7. The normalized spacial score (nSPS) is 11.4. The summed E-state index contributed by atoms with van der Waals surface area (Å²) in [4.78, 5) is 36.2. The molecule has 0 aliphatic carbocycles. The minimum atomic E-state index is -4.67. The number of ketones is 1. The van der Waals surface area contributed by atoms with Crippen molar-refractivity contribution in [2.45, 2.75) is 32.1 Å². The highest BCUT2D eigenvalue weighted by atomic mass is 32.2. The number of hydrogen-bond acceptors (Lipinski definition) is 8. The number of aryl methyl sites for hydroxylation is 1. The molecule has 2 aromatic rings. The third-order valence-electron chi connectivity index (χ3n) is 3.59. The quantitative estimate of drug-likeness (QED) is 0.402. The summed E-state index contributed by atoms with van der Waals surface area (Å²) in [5.41, 5.74) is -0.234. The van der Waals surface area contributed by atoms with Crippen LogP contribution in [-0.4, -0.2) is 44.8 Å². The van der Waals surface area contributed by atoms with Crippen LogP contribution in [0.15, 0.2) is 9.57 Å². The number of hydrogen-bond donors (Lipinski definition) is 1. The molecule has 9 nitrogen and oxygen atoms in total. The number of nitrogens with zero attached hydrogens (tertiary/aromatic N) is 3. The van der Waals surface area contributed by atoms with Crippen LogP contribution < -0.4 is 5.32 Å². The van der Waals surface area contributed by atoms with Gasteiger partial charge in [-0.1, -0.05) is 11.8 Å². The molecule has 2 heterocycles. The summed E-state index contributed by atoms with van der Waals surface area (Å²) in [6, 6.07) is 0. The fourth-order valence-electron chi connectivity index (χ4n) is 2.43. The Morgan fingerprint density at radius 3 is 2.41 bits per heavy atom. The van der Waals surface area contributed by atoms with Gasteiger partial charge in [0.05, 0.1) is 17.9 Å². The predicted molar refractivity (Wildman–Crippen MR) is 94.8 cm³/mol. The van der Waals surface area contributed by atoms with Crippen molar-refractivity contribution in [2.75, 3.05) is 17.7 Å². The van der Waals surface area contributed by atoms with Crippen molar-refractivity contribution in [3.63, 3.8) is 0 Å². The Morgan fingerprint density at radius 2 is 1.90 bits per heavy atom. The summed E-state index contributed by atoms with van der Waals surface area (Å²) in [5.74, 6) is -3.69. The molecule has 0 aromatic carbocycles. The Hall–Kier alpha value is -2.83. The first-order chi connectivity index (χ1) is 13.5. The molecule has 0 unspecified atom stereocenters. The van der Waals surface area contributed by atoms with E-state index in [1.165, 1.54) is 13.8 Å². The number of aromatic nitrogens is 3. The van der Waals surface area contributed by atoms with E-state index >= 15 is 0 Å². The number of halogens is 3. The van der Waals surface area contributed by atoms with Crippen molar-refractivity contribution in [1.29, 1.82) is 0 Å². The van der Waals surface area contributed by atoms with Gasteiger partial charge in [0.1, 0.15) is 11.3 Å². The van der Waals surface area contributed by atoms with Gasteiger partial charge in [-0.2, -0.15) is 13.2 Å². The molecule has 13 heteroatoms. The second-order valence-corrected chi connectivity index (χ2v) is 6.66. The van der Waals surface area contributed by atoms with Crippen LogP contribution in [-0.2, 0) is 22.8 Å². The molecule has 0 radical (unpaired) electrons. The van der Waals surface area contributed by atoms with Crippen LogP contribution in [0.5, 0.6) is 0 Å². The first kappa shape index (κ1) is 22.5. The number of ether oxygens (including phenoxy) is 1. The zero-order valence-electron chi connectivity index (χ0n) is 15.8. The number of esters is 1. The van der Waals surface area contributed by atoms with E-state index in [1.54, 1.807) is 6.92 Å². The Balaban J connectivity index is 2.17. The zero-order chi connectivity index (χ0) is 21.9. The van der Waals surface area contributed by atoms with Gasteiger partial charge in [0.15, 0.2) is 10.9 Å². The van der Waals surface area contributed by atoms with Gasteiger partial charge in [-0.05, 0) is 20.8 Å². The molecule has 2 rings (SSSR count). The van der Waals surface area contributed by atoms with E-state index in [9.17, 15) is 27.6 Å². The van der Waals surface area contributed by atoms with E-state index in [1.807, 2.05) is 0 Å². The summed E-state index contributed by atoms with van der Waals surface area (Å²) < 4.78 is 49.2. The predicted octanol–water partition coefficient (Wildman–Crippen LogP) is 2.85. The number of amides is 1. The van der Waals surface area contributed by atoms with Crippen LogP contribution in [0.3, 0.4) is 0 Å². The first-order valence-electron chi connectivity index (χ1n) is 8.18. The molecular weight excluding hydrogens is 417 g/mol. The van der Waals surface area contributed by atoms with Gasteiger partial charge in [0, 0.05) is 7.05 Å². The Kier molecular flexibility index (Phi) is 6.72. The molecule has 0 bridgehead atoms. The molecule has 158 valence electrons. The number of anilines is 1. The lowest BCUT2D eigenvalue weighted by Crippen LogP contribution is -2.18. The Morgan fingerprint density at radius 1 is 1.24 bits per heavy atom. The molecule has 0 saturated carbocycles. The minimum Gasteiger partial charge on any atom is -0.462 e. The third-order valence-corrected chi connectivity index (χ3v) is 4.61. The third kappa shape index (κ3) is 4.96. The van der Waals surface area contributed by atoms with Crippen molar-refractivity contribution >= 4 is 35.3 Å². The van der Waals surface area contributed by atoms with Gasteiger partial charge in [-0.3, -0.25) is 14.9 Å². The number of furan rings is 1. The lowest BCUT2D eigenvalue weighted by molar-refractivity contribution is -0.147. The average molecular weight is 434 g/mol. The van der Waals surface area contributed by atoms with Gasteiger partial charge < -0.3 is 13.7 Å². The minimum absolute atomic E-state index is 0.0190. The Bertz CT molecular complexity index is 951. The maximum atomic E-state index is 12.7. The van der Waals surface area contributed by atoms with Crippen LogP contribution in [0, 0.1) is 6.92 Å². The summed E-state index contributed by atoms with van der Waals surface area (Å²) in [7, 11) is 1.12. The molecule has 2 aromatic heterocycles. The van der Waals surface area contributed by atoms with Crippen molar-refractivity contribution in [2.24, 2.45) is 7.05 Å². The van der Waals surface area contributed by atoms with Crippen molar-refractivity contribution < 1.29 is 36.7 Å². The van der Waals surface area contributed by atoms with E-state index in [-0.39, 0.29) is 40.3 Å². The molecule has 0 aliphatic heterocycles. The highest BCUT2D eigenvalue weighted by Crippen LogP contribution is 2.31. The van der Waals surface area contributed by atoms with E-state index < -0.39 is 29.7 Å². The summed E-state index contributed by atoms with van der Waals surface area (Å²) in [5, 5.41) is 8.67. The number of Topliss-reactive ketones (excluding diaryl/α,β-unsaturated/α-hetero) is 1. The smallest absolute Gasteiger partial charge is 0.451 e. The largest absolute Gasteiger partial charge is 0.462 e. The van der Waals surface area contributed by atoms with Crippen molar-refractivity contribution in [1.82, 2.24) is 14.8 Å². The number of nitrogens with one attached hydrogen (secondary N) is 1. The van der Waals surface area contributed by atoms with Gasteiger partial charge in [0.25, 0.3) is 0 Å². The second-order valence-electron chi connectivity index (χ2n) is 5.71. The molecule has 1 N–H and O–H groups in total. The van der Waals surface area contributed by atoms with E-state index in [0.717, 1.165) is 7.05 Å². The van der Waals surface area contributed by atoms with Gasteiger partial charge in [-0.25, -0.2) is 4.79 Å². The van der Waals surface area contributed by atoms with Gasteiger partial charge in [0.2, 0.25) is 17.6 Å². The fraction of sp³-hybridized carbons (Fsp3) is 0.438. The van der Waals surface area contributed by atoms with E-state index in [4.69, 9.17) is 9.15 Å². The zero-order valence-corrected chi connectivity index (χ0v) is 16.7. The highest BCUT2D eigenvalue weighted by molar-refractivity contribution is 7.99. The number of carbonyl (C=O) groups excluding carboxylic acids is 3. The van der Waals surface area contributed by atoms with Crippen LogP contribution in [0.1, 0.15) is 46.1 Å². The van der Waals surface area contributed by atoms with Gasteiger partial charge in [-0.15, -0.1) is 10.2 Å². The van der Waals surface area contributed by atoms with Crippen LogP contribution in [0.2, 0.25) is 0 Å². The SMILES string of the molecule is CCOC(=O)c1c(NC(=O)CSc2nnc(C(F)(F)F)n2C)oc(C)c1C(C)=O. The maximum Gasteiger partial charge on any atom is 0.451 e. The Labute approximate surface area is 167 Å². The monoisotopic (exact) mass is 434 g/mol. The molecule has 0 atom stereocenters. The topological polar surface area (TPSA) is 116 Å². The number of thioether (sulfide) groups is 1. The first-order valence-corrected chi connectivity index (χ1v) is 9.16. The van der Waals surface area contributed by atoms with Crippen molar-refractivity contribution in [3.05, 3.63) is 22.7 Å². The van der Waals surface area contributed by atoms with E-state index in [0.29, 0.717) is 16.3 Å². The van der Waals surface area contributed by atoms with Gasteiger partial charge >= 0.3 is 12.1 Å². The van der Waals surface area contributed by atoms with Crippen LogP contribution in [0.25, 0.3) is 0 Å². The lowest BCUT2D eigenvalue weighted by atomic mass is 10.1. The molecule has 29 heavy (non-hydrogen) atoms. The standard InChI is InChI=1S/C16H17F3N4O5S/c1-5-27-13(26)11-10(7(2)24)8(3)28-12(11)20-9(25)6-29-15-22-21-14(23(15)4)16(17,18)19/h5-6H2,1-4H3,(H,20,25). The van der Waals surface area contributed by atoms with Crippen molar-refractivity contribution in [3.8, 4) is 0 Å². The molecule has 0 spiro atoms. The summed E-state index contributed by atoms with van der Waals surface area (Å²) in [6.45, 7) is 4.29. The summed E-state index contributed by atoms with van der Waals surface area (Å²) in [6.07, 6.45) is -4.67. The van der Waals surface area contributed by atoms with E-state index in [2.05, 4.69) is 15.5 Å². The molecule has 0 saturated heterocycles. The fourth-order valence-corrected chi connectivity index (χ4v) is 3.15. The lowest BCUT2D eigenvalue weighted by Gasteiger charge is -2.07.